The fraction of sp³-hybridized carbons (Fsp3) is 0.308. The van der Waals surface area contributed by atoms with Crippen LogP contribution in [-0.2, 0) is 30.2 Å². The Labute approximate surface area is 214 Å². The van der Waals surface area contributed by atoms with Gasteiger partial charge in [0.2, 0.25) is 5.88 Å². The van der Waals surface area contributed by atoms with Crippen LogP contribution in [0.2, 0.25) is 0 Å². The van der Waals surface area contributed by atoms with Gasteiger partial charge in [-0.05, 0) is 42.3 Å². The number of carbonyl (C=O) groups excluding carboxylic acids is 1. The minimum atomic E-state index is -3.38. The van der Waals surface area contributed by atoms with E-state index in [1.807, 2.05) is 0 Å². The third kappa shape index (κ3) is 5.22. The first-order valence-electron chi connectivity index (χ1n) is 12.6. The van der Waals surface area contributed by atoms with Crippen molar-refractivity contribution in [2.24, 2.45) is 0 Å². The van der Waals surface area contributed by atoms with E-state index in [1.54, 1.807) is 0 Å². The molecule has 1 aliphatic rings. The molecular formula is C26H24F5N3O3. The van der Waals surface area contributed by atoms with E-state index in [0.717, 1.165) is 34.2 Å². The lowest BCUT2D eigenvalue weighted by Crippen LogP contribution is -2.43. The Balaban J connectivity index is 1.76. The number of nitrogens with zero attached hydrogens (tertiary/aromatic N) is 3. The van der Waals surface area contributed by atoms with Crippen LogP contribution < -0.4 is 14.5 Å². The minimum absolute atomic E-state index is 0.0372. The van der Waals surface area contributed by atoms with E-state index in [9.17, 15) is 18.0 Å². The number of rotatable bonds is 7. The van der Waals surface area contributed by atoms with Gasteiger partial charge in [0, 0.05) is 31.6 Å². The molecule has 1 aliphatic heterocycles. The summed E-state index contributed by atoms with van der Waals surface area (Å²) in [4.78, 5) is 19.7. The Hall–Kier alpha value is -3.73. The summed E-state index contributed by atoms with van der Waals surface area (Å²) < 4.78 is 104. The minimum Gasteiger partial charge on any atom is -0.481 e. The van der Waals surface area contributed by atoms with Crippen LogP contribution in [0.5, 0.6) is 5.88 Å². The largest absolute Gasteiger partial charge is 0.481 e. The van der Waals surface area contributed by atoms with Crippen LogP contribution in [-0.4, -0.2) is 31.7 Å². The van der Waals surface area contributed by atoms with Crippen molar-refractivity contribution in [1.29, 1.82) is 0 Å². The van der Waals surface area contributed by atoms with Gasteiger partial charge in [-0.1, -0.05) is 6.07 Å². The molecule has 196 valence electrons. The van der Waals surface area contributed by atoms with E-state index in [0.29, 0.717) is 6.92 Å². The molecule has 2 aromatic carbocycles. The third-order valence-electron chi connectivity index (χ3n) is 6.00. The number of amides is 2. The summed E-state index contributed by atoms with van der Waals surface area (Å²) in [5.74, 6) is -6.58. The fourth-order valence-electron chi connectivity index (χ4n) is 4.21. The molecule has 0 aliphatic carbocycles. The van der Waals surface area contributed by atoms with Crippen LogP contribution >= 0.6 is 0 Å². The summed E-state index contributed by atoms with van der Waals surface area (Å²) >= 11 is 0. The Morgan fingerprint density at radius 2 is 1.86 bits per heavy atom. The molecule has 11 heteroatoms. The van der Waals surface area contributed by atoms with E-state index in [2.05, 4.69) is 9.72 Å². The van der Waals surface area contributed by atoms with Crippen LogP contribution in [0.15, 0.2) is 42.6 Å². The molecule has 4 rings (SSSR count). The first-order valence-corrected chi connectivity index (χ1v) is 11.1. The maximum atomic E-state index is 15.1. The van der Waals surface area contributed by atoms with Gasteiger partial charge >= 0.3 is 6.03 Å². The van der Waals surface area contributed by atoms with Gasteiger partial charge in [0.05, 0.1) is 47.5 Å². The molecular weight excluding hydrogens is 497 g/mol. The van der Waals surface area contributed by atoms with Crippen LogP contribution in [0, 0.1) is 17.5 Å². The fourth-order valence-corrected chi connectivity index (χ4v) is 4.21. The highest BCUT2D eigenvalue weighted by Gasteiger charge is 2.35. The summed E-state index contributed by atoms with van der Waals surface area (Å²) in [6.07, 6.45) is 1.10. The third-order valence-corrected chi connectivity index (χ3v) is 6.00. The zero-order chi connectivity index (χ0) is 29.4. The summed E-state index contributed by atoms with van der Waals surface area (Å²) in [5, 5.41) is 0. The number of alkyl halides is 2. The maximum absolute atomic E-state index is 15.1. The number of carbonyl (C=O) groups is 1. The summed E-state index contributed by atoms with van der Waals surface area (Å²) in [7, 11) is -1.61. The molecule has 0 bridgehead atoms. The van der Waals surface area contributed by atoms with Gasteiger partial charge in [0.25, 0.3) is 5.92 Å². The molecule has 2 amide bonds. The molecule has 0 spiro atoms. The van der Waals surface area contributed by atoms with Gasteiger partial charge in [0.1, 0.15) is 17.5 Å². The van der Waals surface area contributed by atoms with Crippen molar-refractivity contribution in [3.63, 3.8) is 0 Å². The Bertz CT molecular complexity index is 1410. The van der Waals surface area contributed by atoms with E-state index >= 15 is 8.78 Å². The summed E-state index contributed by atoms with van der Waals surface area (Å²) in [6.45, 7) is -0.799. The molecule has 0 fully saturated rings. The Morgan fingerprint density at radius 3 is 2.51 bits per heavy atom. The molecule has 37 heavy (non-hydrogen) atoms. The van der Waals surface area contributed by atoms with Crippen LogP contribution in [0.1, 0.15) is 33.3 Å². The van der Waals surface area contributed by atoms with Crippen LogP contribution in [0.3, 0.4) is 0 Å². The van der Waals surface area contributed by atoms with E-state index < -0.39 is 60.7 Å². The lowest BCUT2D eigenvalue weighted by atomic mass is 10.1. The van der Waals surface area contributed by atoms with Gasteiger partial charge in [-0.25, -0.2) is 31.7 Å². The topological polar surface area (TPSA) is 54.9 Å². The lowest BCUT2D eigenvalue weighted by Gasteiger charge is -2.29. The van der Waals surface area contributed by atoms with Gasteiger partial charge in [0.15, 0.2) is 0 Å². The number of hydrogen-bond donors (Lipinski definition) is 0. The van der Waals surface area contributed by atoms with E-state index in [1.165, 1.54) is 25.3 Å². The molecule has 0 atom stereocenters. The highest BCUT2D eigenvalue weighted by molar-refractivity contribution is 6.04. The number of aromatic nitrogens is 1. The SMILES string of the molecule is [2H]C([2H])([2H])OCc1cc(F)c(CN2C(=O)N(c3cnc(OC)c(C(C)(F)F)c3)CCc3c(F)cccc32)c(F)c1. The van der Waals surface area contributed by atoms with E-state index in [-0.39, 0.29) is 41.3 Å². The molecule has 0 unspecified atom stereocenters. The number of methoxy groups -OCH3 is 2. The number of pyridine rings is 1. The van der Waals surface area contributed by atoms with Crippen molar-refractivity contribution < 1.29 is 40.3 Å². The molecule has 3 aromatic rings. The molecule has 6 nitrogen and oxygen atoms in total. The van der Waals surface area contributed by atoms with Crippen molar-refractivity contribution in [2.45, 2.75) is 32.4 Å². The second kappa shape index (κ2) is 10.3. The van der Waals surface area contributed by atoms with Crippen molar-refractivity contribution in [1.82, 2.24) is 4.98 Å². The summed E-state index contributed by atoms with van der Waals surface area (Å²) in [5.41, 5.74) is -1.17. The number of anilines is 2. The Morgan fingerprint density at radius 1 is 1.14 bits per heavy atom. The summed E-state index contributed by atoms with van der Waals surface area (Å²) in [6, 6.07) is 5.82. The molecule has 0 radical (unpaired) electrons. The van der Waals surface area contributed by atoms with Crippen molar-refractivity contribution in [3.05, 3.63) is 82.3 Å². The number of urea groups is 1. The zero-order valence-electron chi connectivity index (χ0n) is 22.8. The number of fused-ring (bicyclic) bond motifs is 1. The van der Waals surface area contributed by atoms with Crippen molar-refractivity contribution >= 4 is 17.4 Å². The highest BCUT2D eigenvalue weighted by atomic mass is 19.3. The van der Waals surface area contributed by atoms with Gasteiger partial charge in [-0.2, -0.15) is 0 Å². The lowest BCUT2D eigenvalue weighted by molar-refractivity contribution is 0.0145. The predicted octanol–water partition coefficient (Wildman–Crippen LogP) is 5.95. The monoisotopic (exact) mass is 524 g/mol. The maximum Gasteiger partial charge on any atom is 0.329 e. The van der Waals surface area contributed by atoms with Crippen molar-refractivity contribution in [3.8, 4) is 5.88 Å². The first-order chi connectivity index (χ1) is 18.7. The molecule has 1 aromatic heterocycles. The van der Waals surface area contributed by atoms with Crippen LogP contribution in [0.25, 0.3) is 0 Å². The van der Waals surface area contributed by atoms with Crippen molar-refractivity contribution in [2.75, 3.05) is 30.5 Å². The second-order valence-electron chi connectivity index (χ2n) is 8.47. The normalized spacial score (nSPS) is 15.5. The first kappa shape index (κ1) is 22.5. The standard InChI is InChI=1S/C26H24F5N3O3/c1-26(30,31)19-11-16(12-32-24(19)37-3)33-8-7-17-20(27)5-4-6-23(17)34(25(33)35)13-18-21(28)9-15(14-36-2)10-22(18)29/h4-6,9-12H,7-8,13-14H2,1-3H3/i2D3. The Kier molecular flexibility index (Phi) is 6.27. The molecule has 0 saturated carbocycles. The molecule has 0 N–H and O–H groups in total. The van der Waals surface area contributed by atoms with E-state index in [4.69, 9.17) is 8.85 Å². The predicted molar refractivity (Wildman–Crippen MR) is 126 cm³/mol. The number of ether oxygens (including phenoxy) is 2. The zero-order valence-corrected chi connectivity index (χ0v) is 19.8. The highest BCUT2D eigenvalue weighted by Crippen LogP contribution is 2.37. The van der Waals surface area contributed by atoms with Gasteiger partial charge in [-0.15, -0.1) is 0 Å². The number of halogens is 5. The second-order valence-corrected chi connectivity index (χ2v) is 8.47. The quantitative estimate of drug-likeness (QED) is 0.358. The number of benzene rings is 2. The average molecular weight is 525 g/mol. The smallest absolute Gasteiger partial charge is 0.329 e. The molecule has 0 saturated heterocycles. The van der Waals surface area contributed by atoms with Crippen LogP contribution in [0.4, 0.5) is 38.1 Å². The number of hydrogen-bond acceptors (Lipinski definition) is 4. The molecule has 2 heterocycles. The van der Waals surface area contributed by atoms with Gasteiger partial charge < -0.3 is 9.47 Å². The van der Waals surface area contributed by atoms with Gasteiger partial charge in [-0.3, -0.25) is 9.80 Å². The average Bonchev–Trinajstić information content (AvgIpc) is 3.00.